The molecule has 5 nitrogen and oxygen atoms in total. The smallest absolute Gasteiger partial charge is 0.170 e. The highest BCUT2D eigenvalue weighted by Gasteiger charge is 2.37. The van der Waals surface area contributed by atoms with Crippen LogP contribution in [0.25, 0.3) is 67.2 Å². The lowest BCUT2D eigenvalue weighted by molar-refractivity contribution is 0.359. The van der Waals surface area contributed by atoms with E-state index in [1.807, 2.05) is 60.7 Å². The summed E-state index contributed by atoms with van der Waals surface area (Å²) in [4.78, 5) is 15.1. The van der Waals surface area contributed by atoms with Crippen molar-refractivity contribution >= 4 is 10.8 Å². The average molecular weight is 658 g/mol. The first-order valence-electron chi connectivity index (χ1n) is 17.2. The van der Waals surface area contributed by atoms with Crippen LogP contribution in [0.3, 0.4) is 0 Å². The zero-order chi connectivity index (χ0) is 34.1. The number of rotatable bonds is 4. The van der Waals surface area contributed by atoms with E-state index in [4.69, 9.17) is 24.4 Å². The molecule has 0 N–H and O–H groups in total. The molecule has 10 rings (SSSR count). The first-order chi connectivity index (χ1) is 25.0. The summed E-state index contributed by atoms with van der Waals surface area (Å²) in [6.45, 7) is 4.54. The molecule has 0 saturated carbocycles. The van der Waals surface area contributed by atoms with E-state index in [0.717, 1.165) is 50.1 Å². The van der Waals surface area contributed by atoms with Crippen LogP contribution in [0.5, 0.6) is 23.0 Å². The molecule has 2 aliphatic rings. The number of ether oxygens (including phenoxy) is 2. The van der Waals surface area contributed by atoms with Gasteiger partial charge in [-0.2, -0.15) is 0 Å². The number of hydrogen-bond acceptors (Lipinski definition) is 5. The van der Waals surface area contributed by atoms with E-state index in [-0.39, 0.29) is 5.41 Å². The molecule has 51 heavy (non-hydrogen) atoms. The summed E-state index contributed by atoms with van der Waals surface area (Å²) in [6.07, 6.45) is 0. The Bertz CT molecular complexity index is 2680. The Balaban J connectivity index is 1.03. The highest BCUT2D eigenvalue weighted by Crippen LogP contribution is 2.55. The second-order valence-electron chi connectivity index (χ2n) is 13.7. The topological polar surface area (TPSA) is 57.1 Å². The van der Waals surface area contributed by atoms with Crippen molar-refractivity contribution in [3.8, 4) is 79.4 Å². The summed E-state index contributed by atoms with van der Waals surface area (Å²) < 4.78 is 13.0. The fourth-order valence-corrected chi connectivity index (χ4v) is 7.56. The molecule has 0 amide bonds. The second kappa shape index (κ2) is 11.2. The van der Waals surface area contributed by atoms with Gasteiger partial charge in [0.2, 0.25) is 0 Å². The van der Waals surface area contributed by atoms with Crippen molar-refractivity contribution in [2.24, 2.45) is 0 Å². The van der Waals surface area contributed by atoms with Crippen LogP contribution in [0.4, 0.5) is 0 Å². The van der Waals surface area contributed by atoms with E-state index in [9.17, 15) is 0 Å². The largest absolute Gasteiger partial charge is 0.450 e. The van der Waals surface area contributed by atoms with Gasteiger partial charge >= 0.3 is 0 Å². The van der Waals surface area contributed by atoms with Crippen LogP contribution in [-0.4, -0.2) is 15.0 Å². The minimum Gasteiger partial charge on any atom is -0.450 e. The lowest BCUT2D eigenvalue weighted by atomic mass is 9.82. The Morgan fingerprint density at radius 2 is 1.00 bits per heavy atom. The van der Waals surface area contributed by atoms with Gasteiger partial charge in [-0.05, 0) is 74.5 Å². The summed E-state index contributed by atoms with van der Waals surface area (Å²) >= 11 is 0. The summed E-state index contributed by atoms with van der Waals surface area (Å²) in [5.74, 6) is 4.71. The van der Waals surface area contributed by atoms with Crippen molar-refractivity contribution in [1.29, 1.82) is 0 Å². The van der Waals surface area contributed by atoms with E-state index < -0.39 is 0 Å². The van der Waals surface area contributed by atoms with Crippen LogP contribution in [0.15, 0.2) is 152 Å². The van der Waals surface area contributed by atoms with Crippen LogP contribution in [0.2, 0.25) is 0 Å². The summed E-state index contributed by atoms with van der Waals surface area (Å²) in [5, 5.41) is 2.24. The molecule has 8 aromatic rings. The highest BCUT2D eigenvalue weighted by molar-refractivity contribution is 5.95. The Kier molecular flexibility index (Phi) is 6.46. The van der Waals surface area contributed by atoms with Crippen molar-refractivity contribution in [3.05, 3.63) is 163 Å². The number of hydrogen-bond donors (Lipinski definition) is 0. The van der Waals surface area contributed by atoms with Gasteiger partial charge in [-0.15, -0.1) is 0 Å². The van der Waals surface area contributed by atoms with E-state index in [0.29, 0.717) is 29.0 Å². The molecule has 7 aromatic carbocycles. The molecule has 1 aromatic heterocycles. The second-order valence-corrected chi connectivity index (χ2v) is 13.7. The van der Waals surface area contributed by atoms with Crippen LogP contribution >= 0.6 is 0 Å². The molecule has 0 spiro atoms. The van der Waals surface area contributed by atoms with Gasteiger partial charge in [0.25, 0.3) is 0 Å². The highest BCUT2D eigenvalue weighted by atomic mass is 16.6. The van der Waals surface area contributed by atoms with Crippen molar-refractivity contribution in [3.63, 3.8) is 0 Å². The molecule has 0 fully saturated rings. The molecule has 0 unspecified atom stereocenters. The first kappa shape index (κ1) is 29.3. The SMILES string of the molecule is CC1(C)c2ccccc2-c2cc3c(cc21)Oc1ccc(-c2cccc(-c4nc(-c5ccccc5)nc(-c5cccc6ccccc56)n4)c2)cc1O3. The minimum atomic E-state index is -0.116. The number of benzene rings is 7. The van der Waals surface area contributed by atoms with Gasteiger partial charge in [-0.3, -0.25) is 0 Å². The molecular formula is C46H31N3O2. The average Bonchev–Trinajstić information content (AvgIpc) is 3.41. The van der Waals surface area contributed by atoms with Gasteiger partial charge in [0, 0.05) is 22.1 Å². The van der Waals surface area contributed by atoms with Gasteiger partial charge in [-0.1, -0.05) is 135 Å². The van der Waals surface area contributed by atoms with Gasteiger partial charge in [0.15, 0.2) is 40.5 Å². The van der Waals surface area contributed by atoms with Crippen molar-refractivity contribution in [1.82, 2.24) is 15.0 Å². The summed E-state index contributed by atoms with van der Waals surface area (Å²) in [5.41, 5.74) is 9.71. The first-order valence-corrected chi connectivity index (χ1v) is 17.2. The Hall–Kier alpha value is -6.59. The molecular weight excluding hydrogens is 627 g/mol. The number of aromatic nitrogens is 3. The zero-order valence-electron chi connectivity index (χ0n) is 28.1. The minimum absolute atomic E-state index is 0.116. The van der Waals surface area contributed by atoms with Crippen LogP contribution in [-0.2, 0) is 5.41 Å². The van der Waals surface area contributed by atoms with E-state index >= 15 is 0 Å². The molecule has 5 heteroatoms. The molecule has 0 saturated heterocycles. The quantitative estimate of drug-likeness (QED) is 0.188. The van der Waals surface area contributed by atoms with E-state index in [1.54, 1.807) is 0 Å². The van der Waals surface area contributed by atoms with Gasteiger partial charge in [0.1, 0.15) is 0 Å². The Morgan fingerprint density at radius 1 is 0.392 bits per heavy atom. The third-order valence-corrected chi connectivity index (χ3v) is 10.2. The standard InChI is InChI=1S/C46H31N3O2/c1-46(2)37-21-9-8-19-34(37)36-26-41-42(27-38(36)46)50-39-23-22-31(25-40(39)51-41)30-16-10-17-32(24-30)44-47-43(29-13-4-3-5-14-29)48-45(49-44)35-20-11-15-28-12-6-7-18-33(28)35/h3-27H,1-2H3. The van der Waals surface area contributed by atoms with Gasteiger partial charge < -0.3 is 9.47 Å². The fourth-order valence-electron chi connectivity index (χ4n) is 7.56. The molecule has 0 atom stereocenters. The normalized spacial score (nSPS) is 13.4. The zero-order valence-corrected chi connectivity index (χ0v) is 28.1. The summed E-state index contributed by atoms with van der Waals surface area (Å²) in [7, 11) is 0. The van der Waals surface area contributed by atoms with Crippen molar-refractivity contribution in [2.75, 3.05) is 0 Å². The molecule has 0 radical (unpaired) electrons. The fraction of sp³-hybridized carbons (Fsp3) is 0.0652. The maximum absolute atomic E-state index is 6.57. The molecule has 0 bridgehead atoms. The summed E-state index contributed by atoms with van der Waals surface area (Å²) in [6, 6.07) is 52.0. The van der Waals surface area contributed by atoms with Crippen molar-refractivity contribution in [2.45, 2.75) is 19.3 Å². The van der Waals surface area contributed by atoms with Crippen LogP contribution in [0.1, 0.15) is 25.0 Å². The Morgan fingerprint density at radius 3 is 1.90 bits per heavy atom. The van der Waals surface area contributed by atoms with Crippen LogP contribution in [0, 0.1) is 0 Å². The van der Waals surface area contributed by atoms with E-state index in [2.05, 4.69) is 105 Å². The molecule has 1 aliphatic heterocycles. The number of nitrogens with zero attached hydrogens (tertiary/aromatic N) is 3. The predicted octanol–water partition coefficient (Wildman–Crippen LogP) is 11.9. The monoisotopic (exact) mass is 657 g/mol. The maximum Gasteiger partial charge on any atom is 0.170 e. The van der Waals surface area contributed by atoms with Crippen LogP contribution < -0.4 is 9.47 Å². The van der Waals surface area contributed by atoms with E-state index in [1.165, 1.54) is 22.3 Å². The third-order valence-electron chi connectivity index (χ3n) is 10.2. The number of fused-ring (bicyclic) bond motifs is 6. The predicted molar refractivity (Wildman–Crippen MR) is 203 cm³/mol. The third kappa shape index (κ3) is 4.81. The maximum atomic E-state index is 6.57. The molecule has 242 valence electrons. The molecule has 2 heterocycles. The van der Waals surface area contributed by atoms with Gasteiger partial charge in [0.05, 0.1) is 0 Å². The lowest BCUT2D eigenvalue weighted by Crippen LogP contribution is -2.15. The Labute approximate surface area is 295 Å². The van der Waals surface area contributed by atoms with Gasteiger partial charge in [-0.25, -0.2) is 15.0 Å². The van der Waals surface area contributed by atoms with Crippen molar-refractivity contribution < 1.29 is 9.47 Å². The molecule has 1 aliphatic carbocycles. The lowest BCUT2D eigenvalue weighted by Gasteiger charge is -2.25.